The number of anilines is 1. The van der Waals surface area contributed by atoms with E-state index in [2.05, 4.69) is 28.4 Å². The molecule has 19 heavy (non-hydrogen) atoms. The van der Waals surface area contributed by atoms with Crippen molar-refractivity contribution in [2.45, 2.75) is 26.3 Å². The summed E-state index contributed by atoms with van der Waals surface area (Å²) in [7, 11) is 0. The predicted octanol–water partition coefficient (Wildman–Crippen LogP) is 3.23. The third-order valence-corrected chi connectivity index (χ3v) is 4.07. The van der Waals surface area contributed by atoms with Gasteiger partial charge in [0, 0.05) is 17.8 Å². The standard InChI is InChI=1S/C14H20N4S/c1-3-19-8-6-11(2)18-10-16-9-13(18)12-5-4-7-17-14(12)15/h4-5,7,9-11H,3,6,8H2,1-2H3,(H2,15,17). The van der Waals surface area contributed by atoms with Crippen molar-refractivity contribution in [3.8, 4) is 11.3 Å². The number of hydrogen-bond acceptors (Lipinski definition) is 4. The number of rotatable bonds is 6. The second kappa shape index (κ2) is 6.61. The number of hydrogen-bond donors (Lipinski definition) is 1. The van der Waals surface area contributed by atoms with Gasteiger partial charge in [-0.25, -0.2) is 9.97 Å². The van der Waals surface area contributed by atoms with E-state index in [0.717, 1.165) is 23.4 Å². The zero-order chi connectivity index (χ0) is 13.7. The highest BCUT2D eigenvalue weighted by molar-refractivity contribution is 7.99. The van der Waals surface area contributed by atoms with Crippen molar-refractivity contribution in [3.05, 3.63) is 30.9 Å². The van der Waals surface area contributed by atoms with Crippen LogP contribution in [-0.2, 0) is 0 Å². The molecule has 0 aliphatic heterocycles. The predicted molar refractivity (Wildman–Crippen MR) is 82.2 cm³/mol. The normalized spacial score (nSPS) is 12.5. The molecule has 0 aromatic carbocycles. The Labute approximate surface area is 118 Å². The number of nitrogens with zero attached hydrogens (tertiary/aromatic N) is 3. The summed E-state index contributed by atoms with van der Waals surface area (Å²) in [5.41, 5.74) is 7.94. The lowest BCUT2D eigenvalue weighted by Crippen LogP contribution is -2.07. The Morgan fingerprint density at radius 3 is 3.05 bits per heavy atom. The molecule has 2 aromatic rings. The van der Waals surface area contributed by atoms with E-state index in [0.29, 0.717) is 11.9 Å². The highest BCUT2D eigenvalue weighted by Crippen LogP contribution is 2.27. The lowest BCUT2D eigenvalue weighted by molar-refractivity contribution is 0.539. The van der Waals surface area contributed by atoms with Crippen LogP contribution in [0.4, 0.5) is 5.82 Å². The minimum absolute atomic E-state index is 0.413. The molecule has 0 bridgehead atoms. The quantitative estimate of drug-likeness (QED) is 0.823. The van der Waals surface area contributed by atoms with Gasteiger partial charge in [-0.15, -0.1) is 0 Å². The molecule has 0 fully saturated rings. The maximum Gasteiger partial charge on any atom is 0.132 e. The van der Waals surface area contributed by atoms with E-state index in [9.17, 15) is 0 Å². The van der Waals surface area contributed by atoms with Crippen LogP contribution in [0.25, 0.3) is 11.3 Å². The lowest BCUT2D eigenvalue weighted by atomic mass is 10.1. The lowest BCUT2D eigenvalue weighted by Gasteiger charge is -2.17. The molecule has 102 valence electrons. The summed E-state index contributed by atoms with van der Waals surface area (Å²) in [6.45, 7) is 4.41. The third kappa shape index (κ3) is 3.29. The molecule has 2 heterocycles. The van der Waals surface area contributed by atoms with Crippen molar-refractivity contribution < 1.29 is 0 Å². The molecule has 2 rings (SSSR count). The summed E-state index contributed by atoms with van der Waals surface area (Å²) in [6, 6.07) is 4.31. The molecule has 0 radical (unpaired) electrons. The van der Waals surface area contributed by atoms with Gasteiger partial charge in [-0.1, -0.05) is 6.92 Å². The van der Waals surface area contributed by atoms with Gasteiger partial charge in [0.05, 0.1) is 18.2 Å². The van der Waals surface area contributed by atoms with Gasteiger partial charge in [-0.05, 0) is 37.0 Å². The van der Waals surface area contributed by atoms with E-state index in [1.807, 2.05) is 36.4 Å². The maximum atomic E-state index is 5.95. The zero-order valence-electron chi connectivity index (χ0n) is 11.4. The van der Waals surface area contributed by atoms with Crippen LogP contribution >= 0.6 is 11.8 Å². The largest absolute Gasteiger partial charge is 0.383 e. The third-order valence-electron chi connectivity index (χ3n) is 3.14. The van der Waals surface area contributed by atoms with Gasteiger partial charge >= 0.3 is 0 Å². The van der Waals surface area contributed by atoms with Crippen LogP contribution in [0.5, 0.6) is 0 Å². The van der Waals surface area contributed by atoms with Gasteiger partial charge in [-0.2, -0.15) is 11.8 Å². The van der Waals surface area contributed by atoms with E-state index < -0.39 is 0 Å². The number of aromatic nitrogens is 3. The average Bonchev–Trinajstić information content (AvgIpc) is 2.88. The molecular weight excluding hydrogens is 256 g/mol. The molecule has 4 nitrogen and oxygen atoms in total. The fourth-order valence-corrected chi connectivity index (χ4v) is 2.83. The maximum absolute atomic E-state index is 5.95. The number of imidazole rings is 1. The van der Waals surface area contributed by atoms with Gasteiger partial charge in [0.2, 0.25) is 0 Å². The Bertz CT molecular complexity index is 524. The minimum Gasteiger partial charge on any atom is -0.383 e. The summed E-state index contributed by atoms with van der Waals surface area (Å²) >= 11 is 1.97. The Morgan fingerprint density at radius 2 is 2.32 bits per heavy atom. The Morgan fingerprint density at radius 1 is 1.47 bits per heavy atom. The van der Waals surface area contributed by atoms with Crippen molar-refractivity contribution in [1.29, 1.82) is 0 Å². The van der Waals surface area contributed by atoms with Gasteiger partial charge in [0.1, 0.15) is 5.82 Å². The number of thioether (sulfide) groups is 1. The average molecular weight is 276 g/mol. The SMILES string of the molecule is CCSCCC(C)n1cncc1-c1cccnc1N. The first-order valence-electron chi connectivity index (χ1n) is 6.54. The van der Waals surface area contributed by atoms with Crippen LogP contribution in [0.15, 0.2) is 30.9 Å². The molecule has 0 aliphatic rings. The van der Waals surface area contributed by atoms with Gasteiger partial charge in [-0.3, -0.25) is 0 Å². The van der Waals surface area contributed by atoms with Gasteiger partial charge < -0.3 is 10.3 Å². The van der Waals surface area contributed by atoms with E-state index in [-0.39, 0.29) is 0 Å². The Kier molecular flexibility index (Phi) is 4.85. The molecule has 0 spiro atoms. The minimum atomic E-state index is 0.413. The van der Waals surface area contributed by atoms with E-state index in [4.69, 9.17) is 5.73 Å². The summed E-state index contributed by atoms with van der Waals surface area (Å²) in [4.78, 5) is 8.41. The molecule has 0 amide bonds. The van der Waals surface area contributed by atoms with Crippen molar-refractivity contribution in [2.75, 3.05) is 17.2 Å². The fraction of sp³-hybridized carbons (Fsp3) is 0.429. The summed E-state index contributed by atoms with van der Waals surface area (Å²) in [5, 5.41) is 0. The van der Waals surface area contributed by atoms with Gasteiger partial charge in [0.15, 0.2) is 0 Å². The fourth-order valence-electron chi connectivity index (χ4n) is 2.04. The molecule has 2 aromatic heterocycles. The number of nitrogen functional groups attached to an aromatic ring is 1. The molecule has 0 saturated heterocycles. The van der Waals surface area contributed by atoms with Gasteiger partial charge in [0.25, 0.3) is 0 Å². The monoisotopic (exact) mass is 276 g/mol. The van der Waals surface area contributed by atoms with Crippen LogP contribution < -0.4 is 5.73 Å². The number of pyridine rings is 1. The highest BCUT2D eigenvalue weighted by Gasteiger charge is 2.13. The second-order valence-electron chi connectivity index (χ2n) is 4.46. The topological polar surface area (TPSA) is 56.7 Å². The summed E-state index contributed by atoms with van der Waals surface area (Å²) < 4.78 is 2.18. The molecule has 1 atom stereocenters. The van der Waals surface area contributed by atoms with E-state index in [1.54, 1.807) is 6.20 Å². The van der Waals surface area contributed by atoms with Crippen molar-refractivity contribution in [2.24, 2.45) is 0 Å². The van der Waals surface area contributed by atoms with Crippen LogP contribution in [0, 0.1) is 0 Å². The first-order valence-corrected chi connectivity index (χ1v) is 7.70. The van der Waals surface area contributed by atoms with Crippen molar-refractivity contribution >= 4 is 17.6 Å². The molecule has 0 aliphatic carbocycles. The molecular formula is C14H20N4S. The zero-order valence-corrected chi connectivity index (χ0v) is 12.2. The van der Waals surface area contributed by atoms with Crippen LogP contribution in [0.2, 0.25) is 0 Å². The first kappa shape index (κ1) is 13.9. The van der Waals surface area contributed by atoms with Crippen LogP contribution in [-0.4, -0.2) is 26.0 Å². The van der Waals surface area contributed by atoms with Crippen LogP contribution in [0.1, 0.15) is 26.3 Å². The van der Waals surface area contributed by atoms with Crippen LogP contribution in [0.3, 0.4) is 0 Å². The molecule has 0 saturated carbocycles. The molecule has 2 N–H and O–H groups in total. The second-order valence-corrected chi connectivity index (χ2v) is 5.85. The van der Waals surface area contributed by atoms with Crippen molar-refractivity contribution in [1.82, 2.24) is 14.5 Å². The Hall–Kier alpha value is -1.49. The Balaban J connectivity index is 2.20. The number of nitrogens with two attached hydrogens (primary N) is 1. The molecule has 1 unspecified atom stereocenters. The van der Waals surface area contributed by atoms with E-state index >= 15 is 0 Å². The summed E-state index contributed by atoms with van der Waals surface area (Å²) in [6.07, 6.45) is 6.57. The highest BCUT2D eigenvalue weighted by atomic mass is 32.2. The van der Waals surface area contributed by atoms with Crippen molar-refractivity contribution in [3.63, 3.8) is 0 Å². The first-order chi connectivity index (χ1) is 9.24. The molecule has 5 heteroatoms. The van der Waals surface area contributed by atoms with E-state index in [1.165, 1.54) is 5.75 Å². The smallest absolute Gasteiger partial charge is 0.132 e. The summed E-state index contributed by atoms with van der Waals surface area (Å²) in [5.74, 6) is 2.89.